The highest BCUT2D eigenvalue weighted by Gasteiger charge is 2.27. The normalized spacial score (nSPS) is 19.4. The highest BCUT2D eigenvalue weighted by atomic mass is 35.5. The molecule has 0 radical (unpaired) electrons. The second-order valence-electron chi connectivity index (χ2n) is 5.18. The van der Waals surface area contributed by atoms with Gasteiger partial charge >= 0.3 is 0 Å². The third kappa shape index (κ3) is 2.97. The van der Waals surface area contributed by atoms with Crippen molar-refractivity contribution in [1.29, 1.82) is 0 Å². The average molecular weight is 289 g/mol. The van der Waals surface area contributed by atoms with Crippen LogP contribution in [0.1, 0.15) is 36.0 Å². The van der Waals surface area contributed by atoms with Crippen LogP contribution in [-0.2, 0) is 6.54 Å². The van der Waals surface area contributed by atoms with Gasteiger partial charge < -0.3 is 0 Å². The van der Waals surface area contributed by atoms with Crippen LogP contribution in [-0.4, -0.2) is 26.4 Å². The van der Waals surface area contributed by atoms with E-state index in [-0.39, 0.29) is 0 Å². The Morgan fingerprint density at radius 3 is 2.95 bits per heavy atom. The number of nitrogens with zero attached hydrogens (tertiary/aromatic N) is 4. The molecule has 5 heteroatoms. The summed E-state index contributed by atoms with van der Waals surface area (Å²) in [6.07, 6.45) is 7.70. The van der Waals surface area contributed by atoms with Crippen LogP contribution >= 0.6 is 11.6 Å². The second-order valence-corrected chi connectivity index (χ2v) is 5.62. The van der Waals surface area contributed by atoms with Crippen LogP contribution < -0.4 is 0 Å². The number of rotatable bonds is 3. The maximum absolute atomic E-state index is 5.88. The van der Waals surface area contributed by atoms with Gasteiger partial charge in [-0.2, -0.15) is 0 Å². The summed E-state index contributed by atoms with van der Waals surface area (Å²) in [7, 11) is 0. The lowest BCUT2D eigenvalue weighted by atomic mass is 10.1. The summed E-state index contributed by atoms with van der Waals surface area (Å²) >= 11 is 5.88. The molecule has 0 unspecified atom stereocenters. The lowest BCUT2D eigenvalue weighted by Gasteiger charge is -2.23. The van der Waals surface area contributed by atoms with Gasteiger partial charge in [0.1, 0.15) is 0 Å². The molecule has 0 aliphatic carbocycles. The van der Waals surface area contributed by atoms with E-state index in [2.05, 4.69) is 19.9 Å². The fourth-order valence-electron chi connectivity index (χ4n) is 2.70. The van der Waals surface area contributed by atoms with E-state index in [1.807, 2.05) is 25.3 Å². The minimum absolute atomic E-state index is 0.347. The smallest absolute Gasteiger partial charge is 0.0761 e. The fraction of sp³-hybridized carbons (Fsp3) is 0.400. The summed E-state index contributed by atoms with van der Waals surface area (Å²) in [5, 5.41) is 0.677. The Balaban J connectivity index is 1.77. The molecule has 1 atom stereocenters. The van der Waals surface area contributed by atoms with Crippen molar-refractivity contribution in [3.63, 3.8) is 0 Å². The van der Waals surface area contributed by atoms with E-state index in [1.54, 1.807) is 12.4 Å². The predicted molar refractivity (Wildman–Crippen MR) is 78.4 cm³/mol. The van der Waals surface area contributed by atoms with Crippen LogP contribution in [0.15, 0.2) is 30.7 Å². The number of pyridine rings is 1. The van der Waals surface area contributed by atoms with Gasteiger partial charge in [-0.05, 0) is 38.4 Å². The molecule has 0 bridgehead atoms. The Morgan fingerprint density at radius 2 is 2.20 bits per heavy atom. The lowest BCUT2D eigenvalue weighted by Crippen LogP contribution is -2.24. The molecule has 20 heavy (non-hydrogen) atoms. The highest BCUT2D eigenvalue weighted by Crippen LogP contribution is 2.31. The van der Waals surface area contributed by atoms with Gasteiger partial charge in [0.2, 0.25) is 0 Å². The van der Waals surface area contributed by atoms with Gasteiger partial charge in [-0.3, -0.25) is 19.9 Å². The Bertz CT molecular complexity index is 585. The third-order valence-electron chi connectivity index (χ3n) is 3.63. The Kier molecular flexibility index (Phi) is 3.94. The monoisotopic (exact) mass is 288 g/mol. The third-order valence-corrected chi connectivity index (χ3v) is 3.86. The molecule has 0 amide bonds. The maximum Gasteiger partial charge on any atom is 0.0761 e. The Morgan fingerprint density at radius 1 is 1.30 bits per heavy atom. The van der Waals surface area contributed by atoms with Crippen LogP contribution in [0, 0.1) is 6.92 Å². The van der Waals surface area contributed by atoms with E-state index in [0.717, 1.165) is 36.6 Å². The fourth-order valence-corrected chi connectivity index (χ4v) is 2.81. The number of hydrogen-bond acceptors (Lipinski definition) is 4. The van der Waals surface area contributed by atoms with Crippen molar-refractivity contribution in [2.24, 2.45) is 0 Å². The number of hydrogen-bond donors (Lipinski definition) is 0. The highest BCUT2D eigenvalue weighted by molar-refractivity contribution is 6.30. The van der Waals surface area contributed by atoms with Crippen LogP contribution in [0.3, 0.4) is 0 Å². The number of aryl methyl sites for hydroxylation is 1. The van der Waals surface area contributed by atoms with Gasteiger partial charge in [-0.25, -0.2) is 0 Å². The maximum atomic E-state index is 5.88. The van der Waals surface area contributed by atoms with Gasteiger partial charge in [0.05, 0.1) is 28.1 Å². The van der Waals surface area contributed by atoms with Crippen LogP contribution in [0.5, 0.6) is 0 Å². The summed E-state index contributed by atoms with van der Waals surface area (Å²) < 4.78 is 0. The number of halogens is 1. The molecule has 0 N–H and O–H groups in total. The lowest BCUT2D eigenvalue weighted by molar-refractivity contribution is 0.241. The Hall–Kier alpha value is -1.52. The zero-order chi connectivity index (χ0) is 13.9. The summed E-state index contributed by atoms with van der Waals surface area (Å²) in [5.74, 6) is 0. The molecule has 3 heterocycles. The van der Waals surface area contributed by atoms with E-state index < -0.39 is 0 Å². The average Bonchev–Trinajstić information content (AvgIpc) is 2.89. The second kappa shape index (κ2) is 5.85. The van der Waals surface area contributed by atoms with E-state index in [4.69, 9.17) is 11.6 Å². The summed E-state index contributed by atoms with van der Waals surface area (Å²) in [6.45, 7) is 3.89. The molecule has 2 aromatic rings. The molecule has 1 aliphatic heterocycles. The minimum atomic E-state index is 0.347. The van der Waals surface area contributed by atoms with E-state index >= 15 is 0 Å². The van der Waals surface area contributed by atoms with Gasteiger partial charge in [0.15, 0.2) is 0 Å². The van der Waals surface area contributed by atoms with Crippen LogP contribution in [0.4, 0.5) is 0 Å². The predicted octanol–water partition coefficient (Wildman–Crippen LogP) is 3.17. The molecule has 1 fully saturated rings. The zero-order valence-corrected chi connectivity index (χ0v) is 12.2. The molecule has 0 saturated carbocycles. The van der Waals surface area contributed by atoms with E-state index in [0.29, 0.717) is 11.1 Å². The van der Waals surface area contributed by atoms with Gasteiger partial charge in [-0.15, -0.1) is 0 Å². The molecule has 0 aromatic carbocycles. The molecule has 1 saturated heterocycles. The van der Waals surface area contributed by atoms with Crippen molar-refractivity contribution < 1.29 is 0 Å². The van der Waals surface area contributed by atoms with Crippen molar-refractivity contribution in [1.82, 2.24) is 19.9 Å². The molecule has 4 nitrogen and oxygen atoms in total. The summed E-state index contributed by atoms with van der Waals surface area (Å²) in [6, 6.07) is 4.22. The Labute approximate surface area is 123 Å². The van der Waals surface area contributed by atoms with Crippen LogP contribution in [0.25, 0.3) is 0 Å². The first-order valence-corrected chi connectivity index (χ1v) is 7.23. The SMILES string of the molecule is Cc1cncc([C@@H]2CCCN2Cc2ccc(Cl)cn2)n1. The van der Waals surface area contributed by atoms with Crippen molar-refractivity contribution in [3.8, 4) is 0 Å². The van der Waals surface area contributed by atoms with Gasteiger partial charge in [0, 0.05) is 25.1 Å². The van der Waals surface area contributed by atoms with E-state index in [9.17, 15) is 0 Å². The number of aromatic nitrogens is 3. The standard InChI is InChI=1S/C15H17ClN4/c1-11-7-17-9-14(19-11)15-3-2-6-20(15)10-13-5-4-12(16)8-18-13/h4-5,7-9,15H,2-3,6,10H2,1H3/t15-/m0/s1. The quantitative estimate of drug-likeness (QED) is 0.870. The largest absolute Gasteiger partial charge is 0.289 e. The minimum Gasteiger partial charge on any atom is -0.289 e. The summed E-state index contributed by atoms with van der Waals surface area (Å²) in [4.78, 5) is 15.7. The molecule has 3 rings (SSSR count). The molecule has 104 valence electrons. The van der Waals surface area contributed by atoms with Crippen molar-refractivity contribution in [3.05, 3.63) is 52.8 Å². The summed E-state index contributed by atoms with van der Waals surface area (Å²) in [5.41, 5.74) is 3.08. The molecule has 0 spiro atoms. The van der Waals surface area contributed by atoms with Crippen molar-refractivity contribution in [2.45, 2.75) is 32.4 Å². The molecule has 2 aromatic heterocycles. The molecular weight excluding hydrogens is 272 g/mol. The molecule has 1 aliphatic rings. The number of likely N-dealkylation sites (tertiary alicyclic amines) is 1. The molecular formula is C15H17ClN4. The topological polar surface area (TPSA) is 41.9 Å². The van der Waals surface area contributed by atoms with Gasteiger partial charge in [-0.1, -0.05) is 11.6 Å². The van der Waals surface area contributed by atoms with E-state index in [1.165, 1.54) is 6.42 Å². The first-order valence-electron chi connectivity index (χ1n) is 6.85. The van der Waals surface area contributed by atoms with Gasteiger partial charge in [0.25, 0.3) is 0 Å². The van der Waals surface area contributed by atoms with Crippen molar-refractivity contribution >= 4 is 11.6 Å². The van der Waals surface area contributed by atoms with Crippen molar-refractivity contribution in [2.75, 3.05) is 6.54 Å². The first kappa shape index (κ1) is 13.5. The zero-order valence-electron chi connectivity index (χ0n) is 11.5. The van der Waals surface area contributed by atoms with Crippen LogP contribution in [0.2, 0.25) is 5.02 Å². The first-order chi connectivity index (χ1) is 9.72.